The van der Waals surface area contributed by atoms with Crippen LogP contribution in [0.25, 0.3) is 11.1 Å². The van der Waals surface area contributed by atoms with Gasteiger partial charge in [-0.3, -0.25) is 4.98 Å². The van der Waals surface area contributed by atoms with E-state index in [4.69, 9.17) is 11.6 Å². The normalized spacial score (nSPS) is 13.2. The zero-order chi connectivity index (χ0) is 15.6. The van der Waals surface area contributed by atoms with Gasteiger partial charge in [-0.05, 0) is 37.2 Å². The lowest BCUT2D eigenvalue weighted by Crippen LogP contribution is -2.12. The van der Waals surface area contributed by atoms with Gasteiger partial charge < -0.3 is 5.32 Å². The van der Waals surface area contributed by atoms with Crippen molar-refractivity contribution >= 4 is 11.6 Å². The average Bonchev–Trinajstić information content (AvgIpc) is 2.45. The molecular formula is C15H14ClF3N2. The Hall–Kier alpha value is -1.59. The average molecular weight is 315 g/mol. The van der Waals surface area contributed by atoms with Gasteiger partial charge in [-0.25, -0.2) is 0 Å². The van der Waals surface area contributed by atoms with Crippen LogP contribution in [-0.4, -0.2) is 12.0 Å². The summed E-state index contributed by atoms with van der Waals surface area (Å²) in [6.45, 7) is 1.92. The molecule has 0 bridgehead atoms. The molecule has 0 saturated heterocycles. The molecular weight excluding hydrogens is 301 g/mol. The second kappa shape index (κ2) is 6.03. The molecule has 21 heavy (non-hydrogen) atoms. The Morgan fingerprint density at radius 2 is 1.95 bits per heavy atom. The van der Waals surface area contributed by atoms with Gasteiger partial charge in [0.2, 0.25) is 0 Å². The maximum absolute atomic E-state index is 13.0. The number of alkyl halides is 3. The van der Waals surface area contributed by atoms with Crippen molar-refractivity contribution in [3.05, 3.63) is 52.8 Å². The quantitative estimate of drug-likeness (QED) is 0.888. The summed E-state index contributed by atoms with van der Waals surface area (Å²) in [4.78, 5) is 3.78. The van der Waals surface area contributed by atoms with Crippen LogP contribution in [0.5, 0.6) is 0 Å². The molecule has 1 atom stereocenters. The van der Waals surface area contributed by atoms with E-state index in [1.807, 2.05) is 6.92 Å². The summed E-state index contributed by atoms with van der Waals surface area (Å²) in [7, 11) is 1.79. The summed E-state index contributed by atoms with van der Waals surface area (Å²) in [5, 5.41) is 3.46. The van der Waals surface area contributed by atoms with Crippen molar-refractivity contribution in [1.82, 2.24) is 10.3 Å². The highest BCUT2D eigenvalue weighted by Gasteiger charge is 2.33. The van der Waals surface area contributed by atoms with E-state index in [9.17, 15) is 13.2 Å². The van der Waals surface area contributed by atoms with E-state index < -0.39 is 11.7 Å². The Balaban J connectivity index is 2.52. The summed E-state index contributed by atoms with van der Waals surface area (Å²) in [5.74, 6) is 0. The predicted molar refractivity (Wildman–Crippen MR) is 77.2 cm³/mol. The van der Waals surface area contributed by atoms with Crippen LogP contribution >= 0.6 is 11.6 Å². The smallest absolute Gasteiger partial charge is 0.313 e. The Kier molecular flexibility index (Phi) is 4.54. The highest BCUT2D eigenvalue weighted by atomic mass is 35.5. The van der Waals surface area contributed by atoms with Crippen molar-refractivity contribution < 1.29 is 13.2 Å². The van der Waals surface area contributed by atoms with Crippen molar-refractivity contribution in [3.8, 4) is 11.1 Å². The molecule has 1 N–H and O–H groups in total. The third-order valence-corrected chi connectivity index (χ3v) is 3.66. The zero-order valence-corrected chi connectivity index (χ0v) is 12.3. The zero-order valence-electron chi connectivity index (χ0n) is 11.5. The molecule has 2 rings (SSSR count). The number of halogens is 4. The van der Waals surface area contributed by atoms with Crippen molar-refractivity contribution in [3.63, 3.8) is 0 Å². The fraction of sp³-hybridized carbons (Fsp3) is 0.267. The highest BCUT2D eigenvalue weighted by molar-refractivity contribution is 6.31. The lowest BCUT2D eigenvalue weighted by atomic mass is 9.99. The molecule has 0 spiro atoms. The number of nitrogens with zero attached hydrogens (tertiary/aromatic N) is 1. The third kappa shape index (κ3) is 3.36. The van der Waals surface area contributed by atoms with Crippen LogP contribution < -0.4 is 5.32 Å². The Morgan fingerprint density at radius 1 is 1.24 bits per heavy atom. The van der Waals surface area contributed by atoms with E-state index in [0.29, 0.717) is 10.6 Å². The molecule has 1 unspecified atom stereocenters. The molecule has 1 aromatic heterocycles. The van der Waals surface area contributed by atoms with Crippen LogP contribution in [0.3, 0.4) is 0 Å². The summed E-state index contributed by atoms with van der Waals surface area (Å²) in [6, 6.07) is 5.88. The minimum absolute atomic E-state index is 0.0162. The Morgan fingerprint density at radius 3 is 2.52 bits per heavy atom. The molecule has 112 valence electrons. The topological polar surface area (TPSA) is 24.9 Å². The minimum Gasteiger partial charge on any atom is -0.313 e. The molecule has 0 aliphatic carbocycles. The van der Waals surface area contributed by atoms with E-state index in [1.165, 1.54) is 12.3 Å². The lowest BCUT2D eigenvalue weighted by molar-refractivity contribution is -0.137. The van der Waals surface area contributed by atoms with Crippen LogP contribution in [0, 0.1) is 0 Å². The standard InChI is InChI=1S/C15H14ClF3N2/c1-9(20-2)11-4-3-10(7-14(11)16)12-8-21-6-5-13(12)15(17,18)19/h3-9,20H,1-2H3. The van der Waals surface area contributed by atoms with Crippen molar-refractivity contribution in [2.45, 2.75) is 19.1 Å². The van der Waals surface area contributed by atoms with Gasteiger partial charge >= 0.3 is 6.18 Å². The maximum atomic E-state index is 13.0. The first kappa shape index (κ1) is 15.8. The molecule has 0 saturated carbocycles. The monoisotopic (exact) mass is 314 g/mol. The Bertz CT molecular complexity index is 641. The van der Waals surface area contributed by atoms with Crippen LogP contribution in [0.1, 0.15) is 24.1 Å². The van der Waals surface area contributed by atoms with E-state index in [2.05, 4.69) is 10.3 Å². The van der Waals surface area contributed by atoms with E-state index >= 15 is 0 Å². The number of pyridine rings is 1. The van der Waals surface area contributed by atoms with Crippen molar-refractivity contribution in [2.24, 2.45) is 0 Å². The number of hydrogen-bond donors (Lipinski definition) is 1. The minimum atomic E-state index is -4.43. The SMILES string of the molecule is CNC(C)c1ccc(-c2cnccc2C(F)(F)F)cc1Cl. The number of hydrogen-bond acceptors (Lipinski definition) is 2. The van der Waals surface area contributed by atoms with Gasteiger partial charge in [0.15, 0.2) is 0 Å². The molecule has 1 aromatic carbocycles. The van der Waals surface area contributed by atoms with E-state index in [-0.39, 0.29) is 11.6 Å². The predicted octanol–water partition coefficient (Wildman–Crippen LogP) is 4.70. The van der Waals surface area contributed by atoms with Crippen LogP contribution in [0.4, 0.5) is 13.2 Å². The first-order valence-electron chi connectivity index (χ1n) is 6.33. The third-order valence-electron chi connectivity index (χ3n) is 3.34. The van der Waals surface area contributed by atoms with Gasteiger partial charge in [-0.15, -0.1) is 0 Å². The molecule has 0 radical (unpaired) electrons. The first-order valence-corrected chi connectivity index (χ1v) is 6.70. The fourth-order valence-electron chi connectivity index (χ4n) is 2.07. The highest BCUT2D eigenvalue weighted by Crippen LogP contribution is 2.37. The van der Waals surface area contributed by atoms with Crippen LogP contribution in [0.15, 0.2) is 36.7 Å². The molecule has 0 aliphatic heterocycles. The van der Waals surface area contributed by atoms with Gasteiger partial charge in [0.25, 0.3) is 0 Å². The molecule has 6 heteroatoms. The van der Waals surface area contributed by atoms with Gasteiger partial charge in [0.1, 0.15) is 0 Å². The first-order chi connectivity index (χ1) is 9.84. The summed E-state index contributed by atoms with van der Waals surface area (Å²) < 4.78 is 39.1. The Labute approximate surface area is 126 Å². The molecule has 2 nitrogen and oxygen atoms in total. The number of nitrogens with one attached hydrogen (secondary N) is 1. The number of benzene rings is 1. The van der Waals surface area contributed by atoms with Crippen molar-refractivity contribution in [2.75, 3.05) is 7.05 Å². The second-order valence-electron chi connectivity index (χ2n) is 4.67. The summed E-state index contributed by atoms with van der Waals surface area (Å²) in [6.07, 6.45) is -2.09. The molecule has 2 aromatic rings. The van der Waals surface area contributed by atoms with Crippen LogP contribution in [0.2, 0.25) is 5.02 Å². The molecule has 0 amide bonds. The van der Waals surface area contributed by atoms with Crippen molar-refractivity contribution in [1.29, 1.82) is 0 Å². The van der Waals surface area contributed by atoms with Gasteiger partial charge in [0.05, 0.1) is 5.56 Å². The molecule has 0 aliphatic rings. The van der Waals surface area contributed by atoms with Gasteiger partial charge in [-0.1, -0.05) is 23.7 Å². The fourth-order valence-corrected chi connectivity index (χ4v) is 2.42. The maximum Gasteiger partial charge on any atom is 0.417 e. The molecule has 0 fully saturated rings. The lowest BCUT2D eigenvalue weighted by Gasteiger charge is -2.16. The number of aromatic nitrogens is 1. The summed E-state index contributed by atoms with van der Waals surface area (Å²) in [5.41, 5.74) is 0.534. The van der Waals surface area contributed by atoms with Gasteiger partial charge in [0, 0.05) is 29.0 Å². The molecule has 1 heterocycles. The largest absolute Gasteiger partial charge is 0.417 e. The van der Waals surface area contributed by atoms with E-state index in [1.54, 1.807) is 19.2 Å². The van der Waals surface area contributed by atoms with Crippen LogP contribution in [-0.2, 0) is 6.18 Å². The van der Waals surface area contributed by atoms with Gasteiger partial charge in [-0.2, -0.15) is 13.2 Å². The second-order valence-corrected chi connectivity index (χ2v) is 5.07. The summed E-state index contributed by atoms with van der Waals surface area (Å²) >= 11 is 6.18. The van der Waals surface area contributed by atoms with E-state index in [0.717, 1.165) is 17.8 Å². The number of rotatable bonds is 3.